The van der Waals surface area contributed by atoms with Crippen molar-refractivity contribution in [2.24, 2.45) is 0 Å². The molecule has 57 heavy (non-hydrogen) atoms. The van der Waals surface area contributed by atoms with Gasteiger partial charge in [-0.15, -0.1) is 0 Å². The van der Waals surface area contributed by atoms with Gasteiger partial charge in [-0.1, -0.05) is 194 Å². The molecule has 11 aromatic rings. The average Bonchev–Trinajstić information content (AvgIpc) is 3.75. The summed E-state index contributed by atoms with van der Waals surface area (Å²) in [6, 6.07) is 77.6. The van der Waals surface area contributed by atoms with Crippen LogP contribution in [0.1, 0.15) is 22.3 Å². The van der Waals surface area contributed by atoms with Crippen molar-refractivity contribution in [3.63, 3.8) is 0 Å². The standard InChI is InChI=1S/C57H34/c1-2-15-37-33-39(26-25-35(37)13-1)53-45-19-5-7-21-47(45)54(48-22-8-6-20-46(48)53)40-29-30-42-38(34-40)28-32-50-49-31-27-36-14-3-4-16-41(36)55(49)57(56(42)50)51-23-11-9-17-43(51)44-18-10-12-24-52(44)57/h1-34H. The third kappa shape index (κ3) is 4.02. The van der Waals surface area contributed by atoms with Crippen LogP contribution in [-0.2, 0) is 5.41 Å². The highest BCUT2D eigenvalue weighted by molar-refractivity contribution is 6.22. The first-order valence-corrected chi connectivity index (χ1v) is 20.0. The topological polar surface area (TPSA) is 0 Å². The van der Waals surface area contributed by atoms with Gasteiger partial charge < -0.3 is 0 Å². The molecule has 0 N–H and O–H groups in total. The second kappa shape index (κ2) is 11.4. The Bertz CT molecular complexity index is 3430. The summed E-state index contributed by atoms with van der Waals surface area (Å²) >= 11 is 0. The van der Waals surface area contributed by atoms with Gasteiger partial charge in [0.15, 0.2) is 0 Å². The van der Waals surface area contributed by atoms with E-state index in [2.05, 4.69) is 206 Å². The fourth-order valence-corrected chi connectivity index (χ4v) is 11.0. The normalized spacial score (nSPS) is 13.4. The highest BCUT2D eigenvalue weighted by Gasteiger charge is 2.53. The second-order valence-electron chi connectivity index (χ2n) is 15.9. The fraction of sp³-hybridized carbons (Fsp3) is 0.0175. The van der Waals surface area contributed by atoms with Crippen LogP contribution >= 0.6 is 0 Å². The first-order valence-electron chi connectivity index (χ1n) is 20.0. The van der Waals surface area contributed by atoms with Crippen molar-refractivity contribution in [2.75, 3.05) is 0 Å². The van der Waals surface area contributed by atoms with E-state index in [1.54, 1.807) is 0 Å². The quantitative estimate of drug-likeness (QED) is 0.156. The third-order valence-electron chi connectivity index (χ3n) is 13.2. The van der Waals surface area contributed by atoms with Crippen LogP contribution in [0.5, 0.6) is 0 Å². The lowest BCUT2D eigenvalue weighted by atomic mass is 9.68. The molecule has 0 aliphatic heterocycles. The Morgan fingerprint density at radius 1 is 0.246 bits per heavy atom. The van der Waals surface area contributed by atoms with Crippen LogP contribution in [0.25, 0.3) is 98.4 Å². The maximum atomic E-state index is 2.46. The lowest BCUT2D eigenvalue weighted by Gasteiger charge is -2.32. The molecular formula is C57H34. The lowest BCUT2D eigenvalue weighted by Crippen LogP contribution is -2.26. The Morgan fingerprint density at radius 2 is 0.649 bits per heavy atom. The van der Waals surface area contributed by atoms with Crippen molar-refractivity contribution >= 4 is 53.9 Å². The van der Waals surface area contributed by atoms with Crippen molar-refractivity contribution in [1.82, 2.24) is 0 Å². The molecule has 2 aliphatic carbocycles. The first-order chi connectivity index (χ1) is 28.3. The molecule has 13 rings (SSSR count). The van der Waals surface area contributed by atoms with Gasteiger partial charge in [0.2, 0.25) is 0 Å². The van der Waals surface area contributed by atoms with Crippen LogP contribution in [0, 0.1) is 0 Å². The van der Waals surface area contributed by atoms with Gasteiger partial charge in [0.25, 0.3) is 0 Å². The molecule has 0 atom stereocenters. The fourth-order valence-electron chi connectivity index (χ4n) is 11.0. The van der Waals surface area contributed by atoms with E-state index in [9.17, 15) is 0 Å². The average molecular weight is 719 g/mol. The van der Waals surface area contributed by atoms with Crippen LogP contribution in [0.2, 0.25) is 0 Å². The van der Waals surface area contributed by atoms with Gasteiger partial charge in [-0.3, -0.25) is 0 Å². The molecule has 0 fully saturated rings. The molecule has 0 heterocycles. The van der Waals surface area contributed by atoms with E-state index < -0.39 is 5.41 Å². The van der Waals surface area contributed by atoms with Gasteiger partial charge in [0.1, 0.15) is 0 Å². The van der Waals surface area contributed by atoms with Crippen LogP contribution in [0.15, 0.2) is 206 Å². The van der Waals surface area contributed by atoms with Crippen molar-refractivity contribution < 1.29 is 0 Å². The summed E-state index contributed by atoms with van der Waals surface area (Å²) in [6.07, 6.45) is 0. The van der Waals surface area contributed by atoms with E-state index in [4.69, 9.17) is 0 Å². The van der Waals surface area contributed by atoms with Crippen LogP contribution in [0.3, 0.4) is 0 Å². The van der Waals surface area contributed by atoms with E-state index in [0.717, 1.165) is 0 Å². The molecule has 262 valence electrons. The van der Waals surface area contributed by atoms with E-state index in [1.807, 2.05) is 0 Å². The summed E-state index contributed by atoms with van der Waals surface area (Å²) in [4.78, 5) is 0. The van der Waals surface area contributed by atoms with E-state index in [0.29, 0.717) is 0 Å². The number of rotatable bonds is 2. The zero-order valence-electron chi connectivity index (χ0n) is 31.1. The number of benzene rings is 11. The molecular weight excluding hydrogens is 685 g/mol. The summed E-state index contributed by atoms with van der Waals surface area (Å²) in [5, 5.41) is 12.8. The molecule has 0 nitrogen and oxygen atoms in total. The molecule has 0 saturated carbocycles. The highest BCUT2D eigenvalue weighted by atomic mass is 14.5. The third-order valence-corrected chi connectivity index (χ3v) is 13.2. The SMILES string of the molecule is c1ccc2c(c1)-c1ccccc1C21c2c(ccc3ccccc23)-c2ccc3cc(-c4c5ccccc5c(-c5ccc6ccccc6c5)c5ccccc45)ccc3c21. The maximum absolute atomic E-state index is 2.46. The Hall–Kier alpha value is -7.28. The highest BCUT2D eigenvalue weighted by Crippen LogP contribution is 2.65. The Morgan fingerprint density at radius 3 is 1.25 bits per heavy atom. The van der Waals surface area contributed by atoms with Crippen molar-refractivity contribution in [2.45, 2.75) is 5.41 Å². The van der Waals surface area contributed by atoms with E-state index in [-0.39, 0.29) is 0 Å². The van der Waals surface area contributed by atoms with Gasteiger partial charge >= 0.3 is 0 Å². The lowest BCUT2D eigenvalue weighted by molar-refractivity contribution is 0.809. The van der Waals surface area contributed by atoms with Crippen molar-refractivity contribution in [3.05, 3.63) is 229 Å². The minimum absolute atomic E-state index is 0.444. The van der Waals surface area contributed by atoms with Gasteiger partial charge in [-0.05, 0) is 133 Å². The molecule has 1 spiro atoms. The number of hydrogen-bond acceptors (Lipinski definition) is 0. The predicted octanol–water partition coefficient (Wildman–Crippen LogP) is 15.1. The molecule has 0 amide bonds. The van der Waals surface area contributed by atoms with Gasteiger partial charge in [-0.2, -0.15) is 0 Å². The smallest absolute Gasteiger partial charge is 0.0619 e. The minimum Gasteiger partial charge on any atom is -0.0619 e. The summed E-state index contributed by atoms with van der Waals surface area (Å²) in [6.45, 7) is 0. The molecule has 11 aromatic carbocycles. The van der Waals surface area contributed by atoms with Crippen molar-refractivity contribution in [1.29, 1.82) is 0 Å². The zero-order valence-corrected chi connectivity index (χ0v) is 31.1. The number of hydrogen-bond donors (Lipinski definition) is 0. The van der Waals surface area contributed by atoms with Crippen LogP contribution in [-0.4, -0.2) is 0 Å². The molecule has 2 aliphatic rings. The molecule has 0 bridgehead atoms. The summed E-state index contributed by atoms with van der Waals surface area (Å²) < 4.78 is 0. The largest absolute Gasteiger partial charge is 0.0737 e. The maximum Gasteiger partial charge on any atom is 0.0737 e. The molecule has 0 heteroatoms. The van der Waals surface area contributed by atoms with Crippen molar-refractivity contribution in [3.8, 4) is 44.5 Å². The van der Waals surface area contributed by atoms with Crippen LogP contribution in [0.4, 0.5) is 0 Å². The molecule has 0 aromatic heterocycles. The molecule has 0 radical (unpaired) electrons. The second-order valence-corrected chi connectivity index (χ2v) is 15.9. The Balaban J connectivity index is 1.11. The minimum atomic E-state index is -0.444. The number of fused-ring (bicyclic) bond motifs is 17. The van der Waals surface area contributed by atoms with Gasteiger partial charge in [-0.25, -0.2) is 0 Å². The van der Waals surface area contributed by atoms with E-state index in [1.165, 1.54) is 121 Å². The predicted molar refractivity (Wildman–Crippen MR) is 241 cm³/mol. The van der Waals surface area contributed by atoms with Gasteiger partial charge in [0.05, 0.1) is 5.41 Å². The van der Waals surface area contributed by atoms with E-state index >= 15 is 0 Å². The zero-order chi connectivity index (χ0) is 37.2. The summed E-state index contributed by atoms with van der Waals surface area (Å²) in [5.74, 6) is 0. The molecule has 0 unspecified atom stereocenters. The van der Waals surface area contributed by atoms with Gasteiger partial charge in [0, 0.05) is 0 Å². The Kier molecular flexibility index (Phi) is 6.19. The summed E-state index contributed by atoms with van der Waals surface area (Å²) in [5.41, 5.74) is 15.5. The van der Waals surface area contributed by atoms with Crippen LogP contribution < -0.4 is 0 Å². The molecule has 0 saturated heterocycles. The summed E-state index contributed by atoms with van der Waals surface area (Å²) in [7, 11) is 0. The Labute approximate surface area is 330 Å². The monoisotopic (exact) mass is 718 g/mol. The first kappa shape index (κ1) is 31.0.